The first kappa shape index (κ1) is 47.0. The van der Waals surface area contributed by atoms with Gasteiger partial charge in [-0.2, -0.15) is 22.0 Å². The molecule has 1 aromatic carbocycles. The van der Waals surface area contributed by atoms with Gasteiger partial charge in [-0.3, -0.25) is 0 Å². The van der Waals surface area contributed by atoms with Gasteiger partial charge in [0.25, 0.3) is 15.0 Å². The number of hydrogen-bond donors (Lipinski definition) is 0. The molecule has 0 amide bonds. The van der Waals surface area contributed by atoms with E-state index < -0.39 is 59.8 Å². The van der Waals surface area contributed by atoms with E-state index in [0.717, 1.165) is 0 Å². The largest absolute Gasteiger partial charge is 5.00 e. The molecule has 0 heterocycles. The van der Waals surface area contributed by atoms with Crippen molar-refractivity contribution in [2.75, 3.05) is 14.1 Å². The van der Waals surface area contributed by atoms with Crippen LogP contribution >= 0.6 is 0 Å². The topological polar surface area (TPSA) is 20.3 Å². The van der Waals surface area contributed by atoms with Gasteiger partial charge in [-0.05, 0) is 0 Å². The molecule has 0 aliphatic carbocycles. The van der Waals surface area contributed by atoms with E-state index >= 15 is 0 Å². The molecule has 1 rings (SSSR count). The molecule has 30 heavy (non-hydrogen) atoms. The summed E-state index contributed by atoms with van der Waals surface area (Å²) in [6.45, 7) is 0. The Morgan fingerprint density at radius 1 is 0.633 bits per heavy atom. The van der Waals surface area contributed by atoms with Gasteiger partial charge in [0.1, 0.15) is 0 Å². The number of alkyl halides is 5. The average molecular weight is 614 g/mol. The molecule has 2 nitrogen and oxygen atoms in total. The zero-order valence-corrected chi connectivity index (χ0v) is 17.1. The van der Waals surface area contributed by atoms with E-state index in [4.69, 9.17) is 0 Å². The predicted octanol–water partition coefficient (Wildman–Crippen LogP) is -14.5. The Morgan fingerprint density at radius 3 is 1.07 bits per heavy atom. The van der Waals surface area contributed by atoms with Gasteiger partial charge in [0.2, 0.25) is 29.1 Å². The molecule has 1 aromatic rings. The van der Waals surface area contributed by atoms with Crippen LogP contribution in [0, 0.1) is 29.1 Å². The molecule has 0 spiro atoms. The normalized spacial score (nSPS) is 12.2. The minimum absolute atomic E-state index is 0. The van der Waals surface area contributed by atoms with Crippen LogP contribution in [0.25, 0.3) is 0 Å². The van der Waals surface area contributed by atoms with Crippen LogP contribution in [-0.4, -0.2) is 54.3 Å². The third-order valence-corrected chi connectivity index (χ3v) is 5.50. The van der Waals surface area contributed by atoms with E-state index in [1.165, 1.54) is 0 Å². The standard InChI is InChI=1S/C10H6F10NOS.6FH.Sb/c1-21(2)23(22,10(19,20)9(16,17)18)8-6(14)4(12)3(11)5(13)7(8)15;;;;;;;/h1-2H3;6*1H;/q+1;;;;;;;+5/p-6. The molecule has 0 aromatic heterocycles. The summed E-state index contributed by atoms with van der Waals surface area (Å²) in [5.41, 5.74) is 0. The summed E-state index contributed by atoms with van der Waals surface area (Å²) >= 11 is 0. The van der Waals surface area contributed by atoms with Crippen molar-refractivity contribution in [3.8, 4) is 0 Å². The molecule has 0 radical (unpaired) electrons. The molecular weight excluding hydrogens is 608 g/mol. The van der Waals surface area contributed by atoms with Gasteiger partial charge in [-0.1, -0.05) is 4.21 Å². The average Bonchev–Trinajstić information content (AvgIpc) is 2.41. The second-order valence-corrected chi connectivity index (χ2v) is 6.95. The minimum atomic E-state index is -6.59. The zero-order valence-electron chi connectivity index (χ0n) is 13.8. The Kier molecular flexibility index (Phi) is 22.2. The smallest absolute Gasteiger partial charge is 1.00 e. The van der Waals surface area contributed by atoms with Crippen molar-refractivity contribution < 1.29 is 76.3 Å². The van der Waals surface area contributed by atoms with Crippen molar-refractivity contribution >= 4 is 34.5 Å². The second-order valence-electron chi connectivity index (χ2n) is 4.25. The maximum Gasteiger partial charge on any atom is 5.00 e. The predicted molar refractivity (Wildman–Crippen MR) is 63.0 cm³/mol. The molecule has 1 atom stereocenters. The molecule has 0 fully saturated rings. The van der Waals surface area contributed by atoms with Crippen molar-refractivity contribution in [1.29, 1.82) is 0 Å². The third kappa shape index (κ3) is 6.51. The molecule has 180 valence electrons. The first-order chi connectivity index (χ1) is 10.1. The Balaban J connectivity index is -0.000000151. The monoisotopic (exact) mass is 613 g/mol. The SMILES string of the molecule is CN(C)[S+](=O)(c1c(F)c(F)c(F)c(F)c1F)C(F)(F)C(F)(F)F.[F-].[F-].[F-].[F-].[F-].[F-].[Sb+5]. The molecule has 0 saturated heterocycles. The quantitative estimate of drug-likeness (QED) is 0.109. The van der Waals surface area contributed by atoms with Crippen LogP contribution < -0.4 is 28.2 Å². The van der Waals surface area contributed by atoms with Crippen LogP contribution in [0.5, 0.6) is 0 Å². The molecule has 0 saturated carbocycles. The van der Waals surface area contributed by atoms with Crippen molar-refractivity contribution in [2.24, 2.45) is 0 Å². The summed E-state index contributed by atoms with van der Waals surface area (Å²) in [6.07, 6.45) is -6.59. The summed E-state index contributed by atoms with van der Waals surface area (Å²) in [7, 11) is -5.65. The van der Waals surface area contributed by atoms with E-state index in [1.807, 2.05) is 0 Å². The summed E-state index contributed by atoms with van der Waals surface area (Å²) in [5, 5.41) is -6.30. The van der Waals surface area contributed by atoms with Gasteiger partial charge >= 0.3 is 35.9 Å². The van der Waals surface area contributed by atoms with Gasteiger partial charge < -0.3 is 28.2 Å². The molecule has 0 aliphatic rings. The van der Waals surface area contributed by atoms with Gasteiger partial charge in [-0.25, -0.2) is 13.2 Å². The van der Waals surface area contributed by atoms with Crippen molar-refractivity contribution in [2.45, 2.75) is 16.3 Å². The van der Waals surface area contributed by atoms with E-state index in [1.54, 1.807) is 0 Å². The van der Waals surface area contributed by atoms with E-state index in [-0.39, 0.29) is 52.7 Å². The maximum absolute atomic E-state index is 13.5. The summed E-state index contributed by atoms with van der Waals surface area (Å²) < 4.78 is 142. The maximum atomic E-state index is 13.5. The third-order valence-electron chi connectivity index (χ3n) is 2.64. The minimum Gasteiger partial charge on any atom is -1.00 e. The molecule has 20 heteroatoms. The summed E-state index contributed by atoms with van der Waals surface area (Å²) in [6, 6.07) is 0. The van der Waals surface area contributed by atoms with Crippen molar-refractivity contribution in [3.63, 3.8) is 0 Å². The molecule has 1 unspecified atom stereocenters. The first-order valence-electron chi connectivity index (χ1n) is 5.29. The number of halogens is 16. The number of nitrogens with zero attached hydrogens (tertiary/aromatic N) is 1. The number of benzene rings is 1. The zero-order chi connectivity index (χ0) is 18.5. The van der Waals surface area contributed by atoms with Crippen LogP contribution in [0.15, 0.2) is 4.90 Å². The van der Waals surface area contributed by atoms with Gasteiger partial charge in [0.15, 0.2) is 0 Å². The van der Waals surface area contributed by atoms with Gasteiger partial charge in [0.05, 0.1) is 0 Å². The van der Waals surface area contributed by atoms with Crippen LogP contribution in [0.1, 0.15) is 0 Å². The van der Waals surface area contributed by atoms with Crippen LogP contribution in [0.2, 0.25) is 0 Å². The van der Waals surface area contributed by atoms with Gasteiger partial charge in [0, 0.05) is 14.1 Å². The fraction of sp³-hybridized carbons (Fsp3) is 0.400. The molecular formula is C10H6F16NOSSb. The Hall–Kier alpha value is -0.972. The number of hydrogen-bond acceptors (Lipinski definition) is 1. The molecule has 0 N–H and O–H groups in total. The van der Waals surface area contributed by atoms with Crippen LogP contribution in [-0.2, 0) is 14.3 Å². The molecule has 0 aliphatic heterocycles. The molecule has 0 bridgehead atoms. The van der Waals surface area contributed by atoms with Crippen molar-refractivity contribution in [3.05, 3.63) is 29.1 Å². The summed E-state index contributed by atoms with van der Waals surface area (Å²) in [5.74, 6) is -14.5. The van der Waals surface area contributed by atoms with E-state index in [2.05, 4.69) is 0 Å². The van der Waals surface area contributed by atoms with Crippen LogP contribution in [0.4, 0.5) is 43.9 Å². The Morgan fingerprint density at radius 2 is 0.867 bits per heavy atom. The number of rotatable bonds is 3. The summed E-state index contributed by atoms with van der Waals surface area (Å²) in [4.78, 5) is -2.75. The fourth-order valence-electron chi connectivity index (χ4n) is 1.52. The van der Waals surface area contributed by atoms with Gasteiger partial charge in [-0.15, -0.1) is 13.1 Å². The Labute approximate surface area is 175 Å². The first-order valence-corrected chi connectivity index (χ1v) is 6.81. The van der Waals surface area contributed by atoms with Crippen molar-refractivity contribution in [1.82, 2.24) is 4.31 Å². The Bertz CT molecular complexity index is 667. The van der Waals surface area contributed by atoms with Crippen LogP contribution in [0.3, 0.4) is 0 Å². The second kappa shape index (κ2) is 14.2. The van der Waals surface area contributed by atoms with E-state index in [9.17, 15) is 48.1 Å². The van der Waals surface area contributed by atoms with E-state index in [0.29, 0.717) is 14.1 Å². The fourth-order valence-corrected chi connectivity index (χ4v) is 3.58.